The Bertz CT molecular complexity index is 258. The quantitative estimate of drug-likeness (QED) is 0.653. The molecule has 3 nitrogen and oxygen atoms in total. The number of hydrogen-bond acceptors (Lipinski definition) is 3. The fourth-order valence-electron chi connectivity index (χ4n) is 1.30. The van der Waals surface area contributed by atoms with Gasteiger partial charge in [-0.25, -0.2) is 8.42 Å². The van der Waals surface area contributed by atoms with E-state index in [9.17, 15) is 8.42 Å². The minimum Gasteiger partial charge on any atom is -0.317 e. The Hall–Kier alpha value is -0.0900. The van der Waals surface area contributed by atoms with Crippen molar-refractivity contribution in [3.05, 3.63) is 0 Å². The van der Waals surface area contributed by atoms with Crippen molar-refractivity contribution >= 4 is 9.84 Å². The van der Waals surface area contributed by atoms with Crippen LogP contribution in [0.1, 0.15) is 40.5 Å². The van der Waals surface area contributed by atoms with E-state index in [1.165, 1.54) is 0 Å². The van der Waals surface area contributed by atoms with Crippen LogP contribution in [0.15, 0.2) is 0 Å². The van der Waals surface area contributed by atoms with Gasteiger partial charge in [0.25, 0.3) is 0 Å². The van der Waals surface area contributed by atoms with Crippen LogP contribution in [0.3, 0.4) is 0 Å². The lowest BCUT2D eigenvalue weighted by atomic mass is 9.86. The normalized spacial score (nSPS) is 13.1. The smallest absolute Gasteiger partial charge is 0.150 e. The maximum atomic E-state index is 11.4. The number of nitrogens with one attached hydrogen (secondary N) is 1. The van der Waals surface area contributed by atoms with Crippen molar-refractivity contribution in [1.82, 2.24) is 5.32 Å². The fourth-order valence-corrected chi connectivity index (χ4v) is 2.46. The van der Waals surface area contributed by atoms with Crippen LogP contribution in [0.4, 0.5) is 0 Å². The number of rotatable bonds is 8. The zero-order valence-electron chi connectivity index (χ0n) is 10.5. The molecule has 0 aliphatic carbocycles. The molecule has 0 aromatic carbocycles. The Kier molecular flexibility index (Phi) is 6.44. The minimum atomic E-state index is -2.80. The van der Waals surface area contributed by atoms with Gasteiger partial charge in [-0.3, -0.25) is 0 Å². The Balaban J connectivity index is 3.93. The molecule has 0 aromatic rings. The van der Waals surface area contributed by atoms with E-state index in [1.54, 1.807) is 6.92 Å². The van der Waals surface area contributed by atoms with Gasteiger partial charge < -0.3 is 5.32 Å². The molecule has 4 heteroatoms. The van der Waals surface area contributed by atoms with Crippen molar-refractivity contribution < 1.29 is 8.42 Å². The minimum absolute atomic E-state index is 0.115. The summed E-state index contributed by atoms with van der Waals surface area (Å²) in [5.41, 5.74) is 0.115. The van der Waals surface area contributed by atoms with Gasteiger partial charge in [-0.2, -0.15) is 0 Å². The van der Waals surface area contributed by atoms with Crippen LogP contribution in [0.5, 0.6) is 0 Å². The molecule has 0 aliphatic rings. The lowest BCUT2D eigenvalue weighted by Crippen LogP contribution is -2.24. The molecule has 0 radical (unpaired) electrons. The molecule has 0 amide bonds. The van der Waals surface area contributed by atoms with Crippen LogP contribution < -0.4 is 5.32 Å². The lowest BCUT2D eigenvalue weighted by Gasteiger charge is -2.24. The summed E-state index contributed by atoms with van der Waals surface area (Å²) in [6, 6.07) is 0. The third kappa shape index (κ3) is 7.79. The van der Waals surface area contributed by atoms with E-state index in [-0.39, 0.29) is 11.2 Å². The van der Waals surface area contributed by atoms with E-state index >= 15 is 0 Å². The SMILES string of the molecule is CCNCCC(C)(C)CCS(=O)(=O)CC. The first-order valence-corrected chi connectivity index (χ1v) is 7.56. The lowest BCUT2D eigenvalue weighted by molar-refractivity contribution is 0.317. The zero-order valence-corrected chi connectivity index (χ0v) is 11.3. The van der Waals surface area contributed by atoms with E-state index in [0.717, 1.165) is 25.9 Å². The first-order valence-electron chi connectivity index (χ1n) is 5.74. The molecule has 0 atom stereocenters. The molecule has 0 bridgehead atoms. The number of sulfone groups is 1. The third-order valence-electron chi connectivity index (χ3n) is 2.76. The van der Waals surface area contributed by atoms with Gasteiger partial charge in [0.1, 0.15) is 9.84 Å². The summed E-state index contributed by atoms with van der Waals surface area (Å²) in [7, 11) is -2.80. The standard InChI is InChI=1S/C11H25NO2S/c1-5-12-9-7-11(3,4)8-10-15(13,14)6-2/h12H,5-10H2,1-4H3. The molecule has 0 saturated heterocycles. The molecule has 0 heterocycles. The molecule has 0 saturated carbocycles. The van der Waals surface area contributed by atoms with Crippen LogP contribution in [0, 0.1) is 5.41 Å². The van der Waals surface area contributed by atoms with Gasteiger partial charge in [0.2, 0.25) is 0 Å². The molecular formula is C11H25NO2S. The van der Waals surface area contributed by atoms with E-state index in [1.807, 2.05) is 0 Å². The highest BCUT2D eigenvalue weighted by Gasteiger charge is 2.20. The molecule has 0 unspecified atom stereocenters. The highest BCUT2D eigenvalue weighted by atomic mass is 32.2. The monoisotopic (exact) mass is 235 g/mol. The number of hydrogen-bond donors (Lipinski definition) is 1. The summed E-state index contributed by atoms with van der Waals surface area (Å²) in [4.78, 5) is 0. The van der Waals surface area contributed by atoms with Crippen molar-refractivity contribution in [1.29, 1.82) is 0 Å². The molecule has 0 spiro atoms. The fraction of sp³-hybridized carbons (Fsp3) is 1.00. The molecule has 0 rings (SSSR count). The molecule has 92 valence electrons. The first-order chi connectivity index (χ1) is 6.83. The molecule has 0 aromatic heterocycles. The molecule has 0 aliphatic heterocycles. The Morgan fingerprint density at radius 1 is 1.13 bits per heavy atom. The van der Waals surface area contributed by atoms with E-state index in [2.05, 4.69) is 26.1 Å². The molecule has 0 fully saturated rings. The predicted molar refractivity (Wildman–Crippen MR) is 65.9 cm³/mol. The van der Waals surface area contributed by atoms with Crippen molar-refractivity contribution in [3.63, 3.8) is 0 Å². The average Bonchev–Trinajstić information content (AvgIpc) is 2.16. The van der Waals surface area contributed by atoms with Crippen LogP contribution in [0.25, 0.3) is 0 Å². The maximum absolute atomic E-state index is 11.4. The summed E-state index contributed by atoms with van der Waals surface area (Å²) in [6.07, 6.45) is 1.79. The largest absolute Gasteiger partial charge is 0.317 e. The second-order valence-corrected chi connectivity index (χ2v) is 7.23. The van der Waals surface area contributed by atoms with Crippen molar-refractivity contribution in [2.45, 2.75) is 40.5 Å². The zero-order chi connectivity index (χ0) is 11.9. The van der Waals surface area contributed by atoms with Crippen LogP contribution in [-0.2, 0) is 9.84 Å². The predicted octanol–water partition coefficient (Wildman–Crippen LogP) is 1.84. The highest BCUT2D eigenvalue weighted by Crippen LogP contribution is 2.25. The summed E-state index contributed by atoms with van der Waals surface area (Å²) in [6.45, 7) is 10.00. The second kappa shape index (κ2) is 6.48. The third-order valence-corrected chi connectivity index (χ3v) is 4.46. The first kappa shape index (κ1) is 14.9. The molecule has 1 N–H and O–H groups in total. The van der Waals surface area contributed by atoms with E-state index < -0.39 is 9.84 Å². The Morgan fingerprint density at radius 2 is 1.73 bits per heavy atom. The van der Waals surface area contributed by atoms with Crippen molar-refractivity contribution in [2.75, 3.05) is 24.6 Å². The van der Waals surface area contributed by atoms with Crippen LogP contribution in [0.2, 0.25) is 0 Å². The van der Waals surface area contributed by atoms with E-state index in [0.29, 0.717) is 5.75 Å². The van der Waals surface area contributed by atoms with E-state index in [4.69, 9.17) is 0 Å². The van der Waals surface area contributed by atoms with Crippen molar-refractivity contribution in [3.8, 4) is 0 Å². The Labute approximate surface area is 94.6 Å². The summed E-state index contributed by atoms with van der Waals surface area (Å²) < 4.78 is 22.7. The summed E-state index contributed by atoms with van der Waals surface area (Å²) >= 11 is 0. The van der Waals surface area contributed by atoms with Gasteiger partial charge in [0.05, 0.1) is 5.75 Å². The summed E-state index contributed by atoms with van der Waals surface area (Å²) in [5, 5.41) is 3.27. The maximum Gasteiger partial charge on any atom is 0.150 e. The van der Waals surface area contributed by atoms with Crippen molar-refractivity contribution in [2.24, 2.45) is 5.41 Å². The molecular weight excluding hydrogens is 210 g/mol. The van der Waals surface area contributed by atoms with Gasteiger partial charge in [-0.1, -0.05) is 27.7 Å². The van der Waals surface area contributed by atoms with Gasteiger partial charge in [0.15, 0.2) is 0 Å². The van der Waals surface area contributed by atoms with Crippen LogP contribution in [-0.4, -0.2) is 33.0 Å². The summed E-state index contributed by atoms with van der Waals surface area (Å²) in [5.74, 6) is 0.582. The van der Waals surface area contributed by atoms with Gasteiger partial charge in [-0.05, 0) is 31.3 Å². The van der Waals surface area contributed by atoms with Crippen LogP contribution >= 0.6 is 0 Å². The van der Waals surface area contributed by atoms with Gasteiger partial charge >= 0.3 is 0 Å². The van der Waals surface area contributed by atoms with Gasteiger partial charge in [0, 0.05) is 5.75 Å². The Morgan fingerprint density at radius 3 is 2.20 bits per heavy atom. The molecule has 15 heavy (non-hydrogen) atoms. The second-order valence-electron chi connectivity index (χ2n) is 4.75. The highest BCUT2D eigenvalue weighted by molar-refractivity contribution is 7.91. The average molecular weight is 235 g/mol. The van der Waals surface area contributed by atoms with Gasteiger partial charge in [-0.15, -0.1) is 0 Å². The topological polar surface area (TPSA) is 46.2 Å².